The number of esters is 2. The highest BCUT2D eigenvalue weighted by molar-refractivity contribution is 7.07. The summed E-state index contributed by atoms with van der Waals surface area (Å²) < 4.78 is 17.7. The fourth-order valence-electron chi connectivity index (χ4n) is 3.95. The molecule has 0 spiro atoms. The summed E-state index contributed by atoms with van der Waals surface area (Å²) in [6, 6.07) is 11.2. The Kier molecular flexibility index (Phi) is 7.42. The Bertz CT molecular complexity index is 1570. The van der Waals surface area contributed by atoms with Gasteiger partial charge in [-0.1, -0.05) is 47.2 Å². The second-order valence-corrected chi connectivity index (χ2v) is 9.24. The van der Waals surface area contributed by atoms with E-state index in [1.807, 2.05) is 0 Å². The summed E-state index contributed by atoms with van der Waals surface area (Å²) >= 11 is 7.71. The van der Waals surface area contributed by atoms with Gasteiger partial charge in [0.2, 0.25) is 0 Å². The Balaban J connectivity index is 1.91. The Labute approximate surface area is 215 Å². The molecule has 2 aromatic carbocycles. The topological polar surface area (TPSA) is 96.2 Å². The molecule has 10 heteroatoms. The minimum atomic E-state index is -0.794. The lowest BCUT2D eigenvalue weighted by Gasteiger charge is -2.25. The van der Waals surface area contributed by atoms with E-state index in [9.17, 15) is 14.4 Å². The summed E-state index contributed by atoms with van der Waals surface area (Å²) in [5.41, 5.74) is 1.64. The molecule has 4 rings (SSSR count). The molecule has 1 aliphatic heterocycles. The van der Waals surface area contributed by atoms with Gasteiger partial charge in [-0.15, -0.1) is 0 Å². The third-order valence-electron chi connectivity index (χ3n) is 5.46. The molecule has 0 fully saturated rings. The van der Waals surface area contributed by atoms with Crippen LogP contribution in [0.5, 0.6) is 11.5 Å². The number of hydrogen-bond donors (Lipinski definition) is 0. The van der Waals surface area contributed by atoms with Crippen molar-refractivity contribution in [1.29, 1.82) is 0 Å². The quantitative estimate of drug-likeness (QED) is 0.361. The van der Waals surface area contributed by atoms with Crippen LogP contribution >= 0.6 is 22.9 Å². The maximum Gasteiger partial charge on any atom is 0.338 e. The highest BCUT2D eigenvalue weighted by Crippen LogP contribution is 2.34. The van der Waals surface area contributed by atoms with Crippen LogP contribution in [0.2, 0.25) is 5.02 Å². The fraction of sp³-hybridized carbons (Fsp3) is 0.231. The molecule has 0 radical (unpaired) electrons. The first kappa shape index (κ1) is 25.4. The molecule has 0 aliphatic carbocycles. The molecule has 0 saturated carbocycles. The number of thiazole rings is 1. The molecule has 2 heterocycles. The Morgan fingerprint density at radius 3 is 2.61 bits per heavy atom. The van der Waals surface area contributed by atoms with Crippen LogP contribution in [0.3, 0.4) is 0 Å². The first-order valence-corrected chi connectivity index (χ1v) is 12.2. The molecule has 0 unspecified atom stereocenters. The number of rotatable bonds is 6. The predicted octanol–water partition coefficient (Wildman–Crippen LogP) is 3.39. The van der Waals surface area contributed by atoms with E-state index in [0.717, 1.165) is 0 Å². The van der Waals surface area contributed by atoms with Gasteiger partial charge in [-0.25, -0.2) is 9.79 Å². The molecule has 36 heavy (non-hydrogen) atoms. The predicted molar refractivity (Wildman–Crippen MR) is 136 cm³/mol. The average molecular weight is 527 g/mol. The largest absolute Gasteiger partial charge is 0.493 e. The van der Waals surface area contributed by atoms with Gasteiger partial charge >= 0.3 is 11.9 Å². The van der Waals surface area contributed by atoms with Crippen LogP contribution in [-0.2, 0) is 14.3 Å². The van der Waals surface area contributed by atoms with Crippen molar-refractivity contribution < 1.29 is 23.8 Å². The van der Waals surface area contributed by atoms with E-state index in [2.05, 4.69) is 4.99 Å². The lowest BCUT2D eigenvalue weighted by atomic mass is 9.96. The normalized spacial score (nSPS) is 15.2. The molecule has 8 nitrogen and oxygen atoms in total. The van der Waals surface area contributed by atoms with Crippen LogP contribution in [0.4, 0.5) is 0 Å². The van der Waals surface area contributed by atoms with Crippen molar-refractivity contribution in [2.24, 2.45) is 4.99 Å². The third kappa shape index (κ3) is 4.84. The van der Waals surface area contributed by atoms with Crippen molar-refractivity contribution in [3.05, 3.63) is 89.6 Å². The summed E-state index contributed by atoms with van der Waals surface area (Å²) in [6.45, 7) is 4.91. The minimum Gasteiger partial charge on any atom is -0.493 e. The number of nitrogens with zero attached hydrogens (tertiary/aromatic N) is 2. The number of carbonyl (C=O) groups is 2. The van der Waals surface area contributed by atoms with Crippen LogP contribution in [0, 0.1) is 0 Å². The van der Waals surface area contributed by atoms with E-state index in [1.165, 1.54) is 29.9 Å². The smallest absolute Gasteiger partial charge is 0.338 e. The van der Waals surface area contributed by atoms with E-state index in [4.69, 9.17) is 25.8 Å². The van der Waals surface area contributed by atoms with Crippen LogP contribution in [0.15, 0.2) is 63.5 Å². The summed E-state index contributed by atoms with van der Waals surface area (Å²) in [7, 11) is 1.46. The van der Waals surface area contributed by atoms with Crippen molar-refractivity contribution >= 4 is 41.0 Å². The third-order valence-corrected chi connectivity index (χ3v) is 6.78. The maximum absolute atomic E-state index is 13.7. The number of ether oxygens (including phenoxy) is 3. The Morgan fingerprint density at radius 2 is 1.94 bits per heavy atom. The number of carbonyl (C=O) groups excluding carboxylic acids is 2. The lowest BCUT2D eigenvalue weighted by molar-refractivity contribution is -0.139. The maximum atomic E-state index is 13.7. The Hall–Kier alpha value is -3.69. The van der Waals surface area contributed by atoms with Crippen molar-refractivity contribution in [1.82, 2.24) is 4.57 Å². The van der Waals surface area contributed by atoms with E-state index >= 15 is 0 Å². The Morgan fingerprint density at radius 1 is 1.19 bits per heavy atom. The van der Waals surface area contributed by atoms with Gasteiger partial charge in [-0.2, -0.15) is 0 Å². The summed E-state index contributed by atoms with van der Waals surface area (Å²) in [5, 5.41) is 0.416. The fourth-order valence-corrected chi connectivity index (χ4v) is 5.23. The first-order valence-electron chi connectivity index (χ1n) is 11.1. The van der Waals surface area contributed by atoms with Gasteiger partial charge < -0.3 is 14.2 Å². The number of aromatic nitrogens is 1. The van der Waals surface area contributed by atoms with Crippen molar-refractivity contribution in [2.45, 2.75) is 26.8 Å². The molecule has 0 saturated heterocycles. The highest BCUT2D eigenvalue weighted by atomic mass is 35.5. The van der Waals surface area contributed by atoms with E-state index < -0.39 is 18.0 Å². The van der Waals surface area contributed by atoms with Gasteiger partial charge in [0.15, 0.2) is 16.3 Å². The van der Waals surface area contributed by atoms with Gasteiger partial charge in [0, 0.05) is 11.9 Å². The number of benzene rings is 2. The zero-order chi connectivity index (χ0) is 26.0. The van der Waals surface area contributed by atoms with E-state index in [-0.39, 0.29) is 23.5 Å². The number of methoxy groups -OCH3 is 1. The minimum absolute atomic E-state index is 0.181. The van der Waals surface area contributed by atoms with Gasteiger partial charge in [-0.3, -0.25) is 14.2 Å². The SMILES string of the molecule is CCOC(=O)C1=C(C)N=c2s/c(=C/c3ccc(OC(C)=O)c(OC)c3)c(=O)n2[C@H]1c1ccccc1Cl. The second kappa shape index (κ2) is 10.5. The number of allylic oxidation sites excluding steroid dienone is 1. The summed E-state index contributed by atoms with van der Waals surface area (Å²) in [4.78, 5) is 43.0. The van der Waals surface area contributed by atoms with Gasteiger partial charge in [0.1, 0.15) is 6.04 Å². The highest BCUT2D eigenvalue weighted by Gasteiger charge is 2.34. The zero-order valence-electron chi connectivity index (χ0n) is 20.0. The zero-order valence-corrected chi connectivity index (χ0v) is 21.6. The molecular weight excluding hydrogens is 504 g/mol. The number of fused-ring (bicyclic) bond motifs is 1. The summed E-state index contributed by atoms with van der Waals surface area (Å²) in [5.74, 6) is -0.399. The number of halogens is 1. The standard InChI is InChI=1S/C26H23ClN2O6S/c1-5-34-25(32)22-14(2)28-26-29(23(22)17-8-6-7-9-18(17)27)24(31)21(36-26)13-16-10-11-19(35-15(3)30)20(12-16)33-4/h6-13,23H,5H2,1-4H3/b21-13+/t23-/m0/s1. The molecule has 0 amide bonds. The summed E-state index contributed by atoms with van der Waals surface area (Å²) in [6.07, 6.45) is 1.69. The van der Waals surface area contributed by atoms with Crippen LogP contribution < -0.4 is 24.4 Å². The molecule has 0 bridgehead atoms. The second-order valence-electron chi connectivity index (χ2n) is 7.83. The average Bonchev–Trinajstić information content (AvgIpc) is 3.13. The monoisotopic (exact) mass is 526 g/mol. The van der Waals surface area contributed by atoms with Crippen LogP contribution in [0.1, 0.15) is 37.9 Å². The van der Waals surface area contributed by atoms with E-state index in [1.54, 1.807) is 62.4 Å². The van der Waals surface area contributed by atoms with Crippen molar-refractivity contribution in [3.63, 3.8) is 0 Å². The molecule has 3 aromatic rings. The van der Waals surface area contributed by atoms with E-state index in [0.29, 0.717) is 36.9 Å². The molecule has 186 valence electrons. The van der Waals surface area contributed by atoms with Crippen molar-refractivity contribution in [3.8, 4) is 11.5 Å². The molecule has 1 aromatic heterocycles. The van der Waals surface area contributed by atoms with Crippen LogP contribution in [0.25, 0.3) is 6.08 Å². The molecule has 1 atom stereocenters. The lowest BCUT2D eigenvalue weighted by Crippen LogP contribution is -2.40. The molecule has 0 N–H and O–H groups in total. The van der Waals surface area contributed by atoms with Gasteiger partial charge in [0.25, 0.3) is 5.56 Å². The van der Waals surface area contributed by atoms with Crippen molar-refractivity contribution in [2.75, 3.05) is 13.7 Å². The molecule has 1 aliphatic rings. The van der Waals surface area contributed by atoms with Gasteiger partial charge in [0.05, 0.1) is 29.5 Å². The number of hydrogen-bond acceptors (Lipinski definition) is 8. The molecular formula is C26H23ClN2O6S. The van der Waals surface area contributed by atoms with Crippen LogP contribution in [-0.4, -0.2) is 30.2 Å². The first-order chi connectivity index (χ1) is 17.2. The van der Waals surface area contributed by atoms with Gasteiger partial charge in [-0.05, 0) is 49.2 Å².